The van der Waals surface area contributed by atoms with Gasteiger partial charge in [-0.3, -0.25) is 9.59 Å². The predicted octanol–water partition coefficient (Wildman–Crippen LogP) is 1.45. The third-order valence-corrected chi connectivity index (χ3v) is 2.36. The smallest absolute Gasteiger partial charge is 0.399 e. The van der Waals surface area contributed by atoms with E-state index in [1.165, 1.54) is 6.92 Å². The number of carbonyl (C=O) groups is 2. The zero-order chi connectivity index (χ0) is 14.6. The van der Waals surface area contributed by atoms with Crippen LogP contribution in [0.1, 0.15) is 12.5 Å². The summed E-state index contributed by atoms with van der Waals surface area (Å²) in [5.41, 5.74) is 6.84. The van der Waals surface area contributed by atoms with Crippen LogP contribution in [0, 0.1) is 0 Å². The van der Waals surface area contributed by atoms with Gasteiger partial charge in [0.15, 0.2) is 0 Å². The van der Waals surface area contributed by atoms with Gasteiger partial charge in [-0.15, -0.1) is 0 Å². The molecule has 0 spiro atoms. The third-order valence-electron chi connectivity index (χ3n) is 2.36. The molecule has 0 aliphatic rings. The van der Waals surface area contributed by atoms with Crippen molar-refractivity contribution in [3.05, 3.63) is 29.8 Å². The number of hydrogen-bond acceptors (Lipinski definition) is 3. The van der Waals surface area contributed by atoms with Crippen molar-refractivity contribution >= 4 is 17.4 Å². The van der Waals surface area contributed by atoms with Crippen molar-refractivity contribution in [1.82, 2.24) is 5.32 Å². The van der Waals surface area contributed by atoms with Gasteiger partial charge in [-0.05, 0) is 31.0 Å². The second-order valence-corrected chi connectivity index (χ2v) is 4.15. The number of carbonyl (C=O) groups excluding carboxylic acids is 2. The Balaban J connectivity index is 2.56. The largest absolute Gasteiger partial charge is 0.460 e. The molecule has 0 fully saturated rings. The highest BCUT2D eigenvalue weighted by molar-refractivity contribution is 6.38. The molecular weight excluding hydrogens is 261 g/mol. The summed E-state index contributed by atoms with van der Waals surface area (Å²) in [6.45, 7) is 1.51. The van der Waals surface area contributed by atoms with Crippen molar-refractivity contribution in [2.75, 3.05) is 5.73 Å². The lowest BCUT2D eigenvalue weighted by molar-refractivity contribution is -0.175. The number of ketones is 1. The van der Waals surface area contributed by atoms with E-state index >= 15 is 0 Å². The van der Waals surface area contributed by atoms with Crippen LogP contribution in [0.25, 0.3) is 0 Å². The molecule has 1 unspecified atom stereocenters. The van der Waals surface area contributed by atoms with Gasteiger partial charge in [-0.25, -0.2) is 0 Å². The highest BCUT2D eigenvalue weighted by Gasteiger charge is 2.43. The van der Waals surface area contributed by atoms with E-state index in [4.69, 9.17) is 5.73 Å². The summed E-state index contributed by atoms with van der Waals surface area (Å²) >= 11 is 0. The molecule has 4 nitrogen and oxygen atoms in total. The van der Waals surface area contributed by atoms with E-state index in [1.807, 2.05) is 5.32 Å². The van der Waals surface area contributed by atoms with Gasteiger partial charge in [0.25, 0.3) is 5.91 Å². The normalized spacial score (nSPS) is 12.8. The second-order valence-electron chi connectivity index (χ2n) is 4.15. The summed E-state index contributed by atoms with van der Waals surface area (Å²) in [6.07, 6.45) is -4.85. The van der Waals surface area contributed by atoms with Crippen LogP contribution >= 0.6 is 0 Å². The molecule has 19 heavy (non-hydrogen) atoms. The lowest BCUT2D eigenvalue weighted by Gasteiger charge is -2.14. The maximum atomic E-state index is 12.0. The lowest BCUT2D eigenvalue weighted by Crippen LogP contribution is -2.44. The molecule has 0 saturated heterocycles. The summed E-state index contributed by atoms with van der Waals surface area (Å²) in [6, 6.07) is 6.09. The topological polar surface area (TPSA) is 72.2 Å². The van der Waals surface area contributed by atoms with Crippen LogP contribution in [0.4, 0.5) is 18.9 Å². The van der Waals surface area contributed by atoms with Crippen LogP contribution in [0.3, 0.4) is 0 Å². The summed E-state index contributed by atoms with van der Waals surface area (Å²) in [4.78, 5) is 21.7. The zero-order valence-corrected chi connectivity index (χ0v) is 10.1. The van der Waals surface area contributed by atoms with Crippen LogP contribution in [-0.4, -0.2) is 23.9 Å². The third kappa shape index (κ3) is 4.61. The van der Waals surface area contributed by atoms with Crippen LogP contribution in [0.2, 0.25) is 0 Å². The Morgan fingerprint density at radius 2 is 1.79 bits per heavy atom. The summed E-state index contributed by atoms with van der Waals surface area (Å²) in [5, 5.41) is 2.01. The Hall–Kier alpha value is -2.05. The zero-order valence-electron chi connectivity index (χ0n) is 10.1. The summed E-state index contributed by atoms with van der Waals surface area (Å²) < 4.78 is 36.0. The van der Waals surface area contributed by atoms with Crippen LogP contribution in [0.15, 0.2) is 24.3 Å². The molecular formula is C12H13F3N2O2. The molecule has 1 rings (SSSR count). The standard InChI is InChI=1S/C12H13F3N2O2/c1-7(6-8-2-4-9(16)5-3-8)17-11(19)10(18)12(13,14)15/h2-5,7H,6,16H2,1H3,(H,17,19). The van der Waals surface area contributed by atoms with E-state index in [-0.39, 0.29) is 0 Å². The molecule has 0 radical (unpaired) electrons. The predicted molar refractivity (Wildman–Crippen MR) is 63.2 cm³/mol. The molecule has 3 N–H and O–H groups in total. The minimum Gasteiger partial charge on any atom is -0.399 e. The Labute approximate surface area is 107 Å². The Kier molecular flexibility index (Phi) is 4.52. The highest BCUT2D eigenvalue weighted by Crippen LogP contribution is 2.16. The average Bonchev–Trinajstić information content (AvgIpc) is 2.29. The first kappa shape index (κ1) is 15.0. The fourth-order valence-corrected chi connectivity index (χ4v) is 1.48. The van der Waals surface area contributed by atoms with Crippen molar-refractivity contribution in [3.63, 3.8) is 0 Å². The number of nitrogens with one attached hydrogen (secondary N) is 1. The fourth-order valence-electron chi connectivity index (χ4n) is 1.48. The molecule has 0 saturated carbocycles. The number of hydrogen-bond donors (Lipinski definition) is 2. The first-order chi connectivity index (χ1) is 8.70. The van der Waals surface area contributed by atoms with Gasteiger partial charge in [0, 0.05) is 11.7 Å². The Morgan fingerprint density at radius 3 is 2.26 bits per heavy atom. The van der Waals surface area contributed by atoms with E-state index in [0.717, 1.165) is 5.56 Å². The molecule has 1 aromatic rings. The Bertz CT molecular complexity index is 469. The van der Waals surface area contributed by atoms with Crippen molar-refractivity contribution in [2.45, 2.75) is 25.6 Å². The van der Waals surface area contributed by atoms with Gasteiger partial charge in [-0.2, -0.15) is 13.2 Å². The molecule has 7 heteroatoms. The minimum atomic E-state index is -5.15. The second kappa shape index (κ2) is 5.73. The molecule has 104 valence electrons. The van der Waals surface area contributed by atoms with Gasteiger partial charge < -0.3 is 11.1 Å². The fraction of sp³-hybridized carbons (Fsp3) is 0.333. The van der Waals surface area contributed by atoms with Crippen molar-refractivity contribution in [1.29, 1.82) is 0 Å². The summed E-state index contributed by atoms with van der Waals surface area (Å²) in [7, 11) is 0. The monoisotopic (exact) mass is 274 g/mol. The molecule has 1 amide bonds. The van der Waals surface area contributed by atoms with Crippen molar-refractivity contribution in [3.8, 4) is 0 Å². The number of halogens is 3. The van der Waals surface area contributed by atoms with Crippen LogP contribution < -0.4 is 11.1 Å². The highest BCUT2D eigenvalue weighted by atomic mass is 19.4. The number of nitrogens with two attached hydrogens (primary N) is 1. The maximum absolute atomic E-state index is 12.0. The maximum Gasteiger partial charge on any atom is 0.460 e. The molecule has 1 aromatic carbocycles. The lowest BCUT2D eigenvalue weighted by atomic mass is 10.1. The first-order valence-corrected chi connectivity index (χ1v) is 5.46. The minimum absolute atomic E-state index is 0.303. The van der Waals surface area contributed by atoms with Gasteiger partial charge in [0.1, 0.15) is 0 Å². The van der Waals surface area contributed by atoms with Crippen molar-refractivity contribution in [2.24, 2.45) is 0 Å². The number of nitrogen functional groups attached to an aromatic ring is 1. The average molecular weight is 274 g/mol. The Morgan fingerprint density at radius 1 is 1.26 bits per heavy atom. The number of Topliss-reactive ketones (excluding diaryl/α,β-unsaturated/α-hetero) is 1. The van der Waals surface area contributed by atoms with Crippen LogP contribution in [0.5, 0.6) is 0 Å². The number of benzene rings is 1. The molecule has 0 aliphatic heterocycles. The van der Waals surface area contributed by atoms with E-state index < -0.39 is 23.9 Å². The molecule has 0 aromatic heterocycles. The van der Waals surface area contributed by atoms with E-state index in [2.05, 4.69) is 0 Å². The molecule has 0 bridgehead atoms. The van der Waals surface area contributed by atoms with Crippen molar-refractivity contribution < 1.29 is 22.8 Å². The van der Waals surface area contributed by atoms with Gasteiger partial charge in [0.05, 0.1) is 0 Å². The van der Waals surface area contributed by atoms with E-state index in [1.54, 1.807) is 24.3 Å². The number of amides is 1. The van der Waals surface area contributed by atoms with Gasteiger partial charge >= 0.3 is 12.0 Å². The van der Waals surface area contributed by atoms with E-state index in [9.17, 15) is 22.8 Å². The first-order valence-electron chi connectivity index (χ1n) is 5.46. The number of anilines is 1. The van der Waals surface area contributed by atoms with Crippen LogP contribution in [-0.2, 0) is 16.0 Å². The van der Waals surface area contributed by atoms with Gasteiger partial charge in [-0.1, -0.05) is 12.1 Å². The molecule has 0 aliphatic carbocycles. The molecule has 0 heterocycles. The number of alkyl halides is 3. The summed E-state index contributed by atoms with van der Waals surface area (Å²) in [5.74, 6) is -4.04. The number of rotatable bonds is 4. The van der Waals surface area contributed by atoms with E-state index in [0.29, 0.717) is 12.1 Å². The SMILES string of the molecule is CC(Cc1ccc(N)cc1)NC(=O)C(=O)C(F)(F)F. The molecule has 1 atom stereocenters. The van der Waals surface area contributed by atoms with Gasteiger partial charge in [0.2, 0.25) is 0 Å². The quantitative estimate of drug-likeness (QED) is 0.644.